The van der Waals surface area contributed by atoms with E-state index in [9.17, 15) is 0 Å². The van der Waals surface area contributed by atoms with Crippen molar-refractivity contribution >= 4 is 11.9 Å². The zero-order chi connectivity index (χ0) is 11.6. The summed E-state index contributed by atoms with van der Waals surface area (Å²) in [5.41, 5.74) is 0. The van der Waals surface area contributed by atoms with Crippen molar-refractivity contribution in [1.82, 2.24) is 19.4 Å². The normalized spacial score (nSPS) is 11.3. The molecule has 6 heteroatoms. The third-order valence-corrected chi connectivity index (χ3v) is 1.77. The Bertz CT molecular complexity index is 345. The first-order chi connectivity index (χ1) is 6.84. The van der Waals surface area contributed by atoms with Crippen molar-refractivity contribution in [1.29, 1.82) is 0 Å². The summed E-state index contributed by atoms with van der Waals surface area (Å²) in [5, 5.41) is 0. The second-order valence-electron chi connectivity index (χ2n) is 4.33. The van der Waals surface area contributed by atoms with Crippen molar-refractivity contribution in [2.45, 2.75) is 0 Å². The maximum absolute atomic E-state index is 5.04. The number of anilines is 1. The average molecular weight is 212 g/mol. The molecule has 0 amide bonds. The van der Waals surface area contributed by atoms with Gasteiger partial charge < -0.3 is 9.64 Å². The van der Waals surface area contributed by atoms with E-state index >= 15 is 0 Å². The molecule has 1 rings (SSSR count). The predicted octanol–water partition coefficient (Wildman–Crippen LogP) is 0.143. The highest BCUT2D eigenvalue weighted by Gasteiger charge is 2.20. The van der Waals surface area contributed by atoms with Gasteiger partial charge in [0.1, 0.15) is 0 Å². The fourth-order valence-corrected chi connectivity index (χ4v) is 0.927. The van der Waals surface area contributed by atoms with Gasteiger partial charge in [-0.15, -0.1) is 9.97 Å². The summed E-state index contributed by atoms with van der Waals surface area (Å²) in [6, 6.07) is 0.344. The van der Waals surface area contributed by atoms with Crippen LogP contribution < -0.4 is 14.1 Å². The van der Waals surface area contributed by atoms with Crippen molar-refractivity contribution < 1.29 is 4.74 Å². The van der Waals surface area contributed by atoms with E-state index in [2.05, 4.69) is 15.0 Å². The Labute approximate surface area is 90.1 Å². The molecular formula is C9H18N5O+. The van der Waals surface area contributed by atoms with E-state index < -0.39 is 0 Å². The van der Waals surface area contributed by atoms with E-state index in [4.69, 9.17) is 4.74 Å². The molecule has 0 spiro atoms. The fraction of sp³-hybridized carbons (Fsp3) is 0.667. The van der Waals surface area contributed by atoms with Gasteiger partial charge in [-0.1, -0.05) is 0 Å². The van der Waals surface area contributed by atoms with E-state index in [1.54, 1.807) is 7.11 Å². The molecule has 15 heavy (non-hydrogen) atoms. The van der Waals surface area contributed by atoms with Crippen molar-refractivity contribution in [3.63, 3.8) is 0 Å². The van der Waals surface area contributed by atoms with Crippen LogP contribution in [0, 0.1) is 0 Å². The van der Waals surface area contributed by atoms with Crippen LogP contribution in [-0.4, -0.2) is 57.3 Å². The number of nitrogens with zero attached hydrogens (tertiary/aromatic N) is 5. The summed E-state index contributed by atoms with van der Waals surface area (Å²) in [5.74, 6) is 1.27. The van der Waals surface area contributed by atoms with Gasteiger partial charge in [-0.25, -0.2) is 0 Å². The van der Waals surface area contributed by atoms with Crippen LogP contribution in [0.2, 0.25) is 0 Å². The Morgan fingerprint density at radius 1 is 1.07 bits per heavy atom. The second-order valence-corrected chi connectivity index (χ2v) is 4.33. The molecule has 1 aromatic rings. The Morgan fingerprint density at radius 3 is 2.07 bits per heavy atom. The molecule has 0 saturated heterocycles. The number of aromatic nitrogens is 3. The standard InChI is InChI=1S/C9H18N5O/c1-13(2)7-10-8(14(3,4)5)12-9(11-7)15-6/h1-6H3/q+1. The first kappa shape index (κ1) is 11.6. The topological polar surface area (TPSA) is 51.1 Å². The molecule has 6 nitrogen and oxygen atoms in total. The van der Waals surface area contributed by atoms with E-state index in [-0.39, 0.29) is 0 Å². The molecule has 0 unspecified atom stereocenters. The summed E-state index contributed by atoms with van der Waals surface area (Å²) >= 11 is 0. The first-order valence-corrected chi connectivity index (χ1v) is 4.64. The van der Waals surface area contributed by atoms with Gasteiger partial charge in [-0.2, -0.15) is 4.98 Å². The zero-order valence-electron chi connectivity index (χ0n) is 10.1. The average Bonchev–Trinajstić information content (AvgIpc) is 2.15. The van der Waals surface area contributed by atoms with Crippen LogP contribution in [-0.2, 0) is 0 Å². The molecule has 0 aliphatic heterocycles. The highest BCUT2D eigenvalue weighted by molar-refractivity contribution is 5.35. The maximum Gasteiger partial charge on any atom is 0.336 e. The summed E-state index contributed by atoms with van der Waals surface area (Å²) in [4.78, 5) is 14.5. The molecule has 0 fully saturated rings. The summed E-state index contributed by atoms with van der Waals surface area (Å²) in [6.45, 7) is 0. The smallest absolute Gasteiger partial charge is 0.336 e. The molecule has 0 N–H and O–H groups in total. The van der Waals surface area contributed by atoms with Crippen molar-refractivity contribution in [2.24, 2.45) is 0 Å². The highest BCUT2D eigenvalue weighted by atomic mass is 16.5. The third kappa shape index (κ3) is 2.76. The molecule has 0 bridgehead atoms. The van der Waals surface area contributed by atoms with Crippen LogP contribution in [0.15, 0.2) is 0 Å². The highest BCUT2D eigenvalue weighted by Crippen LogP contribution is 2.17. The molecule has 0 atom stereocenters. The summed E-state index contributed by atoms with van der Waals surface area (Å²) in [7, 11) is 11.3. The van der Waals surface area contributed by atoms with Gasteiger partial charge in [-0.05, 0) is 0 Å². The SMILES string of the molecule is COc1nc(N(C)C)nc([N+](C)(C)C)n1. The minimum absolute atomic E-state index is 0.344. The Kier molecular flexibility index (Phi) is 3.09. The number of ether oxygens (including phenoxy) is 1. The van der Waals surface area contributed by atoms with Crippen LogP contribution in [0.3, 0.4) is 0 Å². The lowest BCUT2D eigenvalue weighted by molar-refractivity contribution is 0.367. The Balaban J connectivity index is 3.23. The zero-order valence-corrected chi connectivity index (χ0v) is 10.1. The van der Waals surface area contributed by atoms with E-state index in [0.717, 1.165) is 0 Å². The minimum Gasteiger partial charge on any atom is -0.467 e. The largest absolute Gasteiger partial charge is 0.467 e. The summed E-state index contributed by atoms with van der Waals surface area (Å²) in [6.07, 6.45) is 0. The molecule has 1 heterocycles. The van der Waals surface area contributed by atoms with Gasteiger partial charge in [0.05, 0.1) is 28.3 Å². The van der Waals surface area contributed by atoms with Crippen molar-refractivity contribution in [3.05, 3.63) is 0 Å². The van der Waals surface area contributed by atoms with Crippen LogP contribution in [0.4, 0.5) is 11.9 Å². The lowest BCUT2D eigenvalue weighted by Gasteiger charge is -2.21. The molecule has 84 valence electrons. The molecular weight excluding hydrogens is 194 g/mol. The predicted molar refractivity (Wildman–Crippen MR) is 60.3 cm³/mol. The van der Waals surface area contributed by atoms with Gasteiger partial charge in [0, 0.05) is 14.1 Å². The lowest BCUT2D eigenvalue weighted by Crippen LogP contribution is -2.37. The Hall–Kier alpha value is -1.43. The van der Waals surface area contributed by atoms with Gasteiger partial charge >= 0.3 is 12.0 Å². The third-order valence-electron chi connectivity index (χ3n) is 1.77. The molecule has 0 saturated carbocycles. The van der Waals surface area contributed by atoms with Crippen molar-refractivity contribution in [2.75, 3.05) is 47.2 Å². The Morgan fingerprint density at radius 2 is 1.67 bits per heavy atom. The van der Waals surface area contributed by atoms with Gasteiger partial charge in [0.2, 0.25) is 5.95 Å². The number of hydrogen-bond acceptors (Lipinski definition) is 5. The number of rotatable bonds is 3. The lowest BCUT2D eigenvalue weighted by atomic mass is 10.6. The minimum atomic E-state index is 0.344. The van der Waals surface area contributed by atoms with Crippen LogP contribution >= 0.6 is 0 Å². The van der Waals surface area contributed by atoms with E-state index in [0.29, 0.717) is 22.4 Å². The molecule has 0 aromatic carbocycles. The number of hydrogen-bond donors (Lipinski definition) is 0. The van der Waals surface area contributed by atoms with Gasteiger partial charge in [-0.3, -0.25) is 4.48 Å². The number of quaternary nitrogens is 1. The molecule has 0 radical (unpaired) electrons. The second kappa shape index (κ2) is 3.98. The summed E-state index contributed by atoms with van der Waals surface area (Å²) < 4.78 is 5.57. The van der Waals surface area contributed by atoms with Crippen LogP contribution in [0.25, 0.3) is 0 Å². The first-order valence-electron chi connectivity index (χ1n) is 4.64. The van der Waals surface area contributed by atoms with E-state index in [1.807, 2.05) is 40.1 Å². The fourth-order valence-electron chi connectivity index (χ4n) is 0.927. The van der Waals surface area contributed by atoms with Crippen molar-refractivity contribution in [3.8, 4) is 6.01 Å². The van der Waals surface area contributed by atoms with E-state index in [1.165, 1.54) is 0 Å². The number of methoxy groups -OCH3 is 1. The van der Waals surface area contributed by atoms with Crippen LogP contribution in [0.5, 0.6) is 6.01 Å². The van der Waals surface area contributed by atoms with Gasteiger partial charge in [0.15, 0.2) is 0 Å². The molecule has 0 aliphatic rings. The van der Waals surface area contributed by atoms with Crippen LogP contribution in [0.1, 0.15) is 0 Å². The quantitative estimate of drug-likeness (QED) is 0.667. The van der Waals surface area contributed by atoms with Gasteiger partial charge in [0.25, 0.3) is 0 Å². The molecule has 1 aromatic heterocycles. The molecule has 0 aliphatic carbocycles. The monoisotopic (exact) mass is 212 g/mol. The maximum atomic E-state index is 5.04.